The highest BCUT2D eigenvalue weighted by molar-refractivity contribution is 6.16. The monoisotopic (exact) mass is 480 g/mol. The lowest BCUT2D eigenvalue weighted by atomic mass is 9.71. The zero-order valence-corrected chi connectivity index (χ0v) is 19.9. The van der Waals surface area contributed by atoms with Gasteiger partial charge in [-0.15, -0.1) is 0 Å². The third-order valence-corrected chi connectivity index (χ3v) is 6.92. The first-order valence-electron chi connectivity index (χ1n) is 11.3. The van der Waals surface area contributed by atoms with Crippen LogP contribution in [0, 0.1) is 5.41 Å². The van der Waals surface area contributed by atoms with Crippen molar-refractivity contribution >= 4 is 23.4 Å². The summed E-state index contributed by atoms with van der Waals surface area (Å²) in [6, 6.07) is 4.22. The van der Waals surface area contributed by atoms with Gasteiger partial charge in [-0.2, -0.15) is 13.2 Å². The number of rotatable bonds is 6. The predicted octanol–water partition coefficient (Wildman–Crippen LogP) is 3.15. The van der Waals surface area contributed by atoms with Crippen LogP contribution in [-0.2, 0) is 20.6 Å². The van der Waals surface area contributed by atoms with E-state index in [1.807, 2.05) is 6.92 Å². The minimum Gasteiger partial charge on any atom is -0.369 e. The number of carbonyl (C=O) groups excluding carboxylic acids is 3. The maximum absolute atomic E-state index is 13.9. The molecule has 2 atom stereocenters. The quantitative estimate of drug-likeness (QED) is 0.634. The summed E-state index contributed by atoms with van der Waals surface area (Å²) in [5.74, 6) is -2.00. The molecule has 186 valence electrons. The maximum atomic E-state index is 13.9. The standard InChI is InChI=1S/C24H31F3N4O3/c1-5-30-11-7-10-18(30)13-23(21(28)33)14-19(20(32)29(3)4)15(2)31(22(23)34)17-9-6-8-16(12-17)24(25,26)27/h6,8-9,12,18H,5,7,10-11,13-14H2,1-4H3,(H2,28,33)/t18-,23?/m1/s1. The molecule has 10 heteroatoms. The van der Waals surface area contributed by atoms with E-state index in [0.717, 1.165) is 43.0 Å². The number of primary amides is 1. The second kappa shape index (κ2) is 9.40. The number of benzene rings is 1. The van der Waals surface area contributed by atoms with E-state index < -0.39 is 34.9 Å². The van der Waals surface area contributed by atoms with Gasteiger partial charge in [0, 0.05) is 43.5 Å². The first-order chi connectivity index (χ1) is 15.8. The van der Waals surface area contributed by atoms with Gasteiger partial charge in [0.25, 0.3) is 5.91 Å². The molecule has 1 aromatic carbocycles. The van der Waals surface area contributed by atoms with Crippen molar-refractivity contribution in [1.82, 2.24) is 9.80 Å². The average Bonchev–Trinajstić information content (AvgIpc) is 3.21. The molecule has 0 saturated carbocycles. The molecule has 2 aliphatic rings. The Labute approximate surface area is 197 Å². The summed E-state index contributed by atoms with van der Waals surface area (Å²) >= 11 is 0. The van der Waals surface area contributed by atoms with E-state index in [0.29, 0.717) is 0 Å². The molecule has 0 spiro atoms. The van der Waals surface area contributed by atoms with Crippen LogP contribution < -0.4 is 10.6 Å². The van der Waals surface area contributed by atoms with Crippen molar-refractivity contribution in [2.24, 2.45) is 11.1 Å². The lowest BCUT2D eigenvalue weighted by Gasteiger charge is -2.43. The van der Waals surface area contributed by atoms with Crippen molar-refractivity contribution in [3.05, 3.63) is 41.1 Å². The number of hydrogen-bond acceptors (Lipinski definition) is 4. The molecule has 2 aliphatic heterocycles. The van der Waals surface area contributed by atoms with Crippen molar-refractivity contribution < 1.29 is 27.6 Å². The summed E-state index contributed by atoms with van der Waals surface area (Å²) in [5, 5.41) is 0. The number of amides is 3. The zero-order chi connectivity index (χ0) is 25.4. The maximum Gasteiger partial charge on any atom is 0.416 e. The summed E-state index contributed by atoms with van der Waals surface area (Å²) in [4.78, 5) is 44.5. The van der Waals surface area contributed by atoms with Crippen LogP contribution in [0.2, 0.25) is 0 Å². The Morgan fingerprint density at radius 3 is 2.50 bits per heavy atom. The largest absolute Gasteiger partial charge is 0.416 e. The molecule has 7 nitrogen and oxygen atoms in total. The van der Waals surface area contributed by atoms with Crippen LogP contribution in [0.3, 0.4) is 0 Å². The van der Waals surface area contributed by atoms with Gasteiger partial charge in [0.1, 0.15) is 5.41 Å². The van der Waals surface area contributed by atoms with Gasteiger partial charge < -0.3 is 15.5 Å². The number of carbonyl (C=O) groups is 3. The smallest absolute Gasteiger partial charge is 0.369 e. The molecule has 1 aromatic rings. The Morgan fingerprint density at radius 1 is 1.26 bits per heavy atom. The third kappa shape index (κ3) is 4.55. The van der Waals surface area contributed by atoms with E-state index in [4.69, 9.17) is 5.73 Å². The lowest BCUT2D eigenvalue weighted by Crippen LogP contribution is -2.57. The highest BCUT2D eigenvalue weighted by Gasteiger charge is 2.54. The summed E-state index contributed by atoms with van der Waals surface area (Å²) in [6.07, 6.45) is -3.05. The number of nitrogens with two attached hydrogens (primary N) is 1. The van der Waals surface area contributed by atoms with Gasteiger partial charge in [0.05, 0.1) is 5.56 Å². The molecule has 3 rings (SSSR count). The predicted molar refractivity (Wildman–Crippen MR) is 121 cm³/mol. The SMILES string of the molecule is CCN1CCC[C@@H]1CC1(C(N)=O)CC(C(=O)N(C)C)=C(C)N(c2cccc(C(F)(F)F)c2)C1=O. The second-order valence-electron chi connectivity index (χ2n) is 9.20. The number of likely N-dealkylation sites (N-methyl/N-ethyl adjacent to an activating group) is 1. The van der Waals surface area contributed by atoms with Gasteiger partial charge >= 0.3 is 6.18 Å². The molecule has 1 fully saturated rings. The fourth-order valence-corrected chi connectivity index (χ4v) is 5.04. The highest BCUT2D eigenvalue weighted by atomic mass is 19.4. The van der Waals surface area contributed by atoms with Gasteiger partial charge in [-0.25, -0.2) is 0 Å². The van der Waals surface area contributed by atoms with Crippen molar-refractivity contribution in [3.63, 3.8) is 0 Å². The molecular weight excluding hydrogens is 449 g/mol. The van der Waals surface area contributed by atoms with Crippen LogP contribution in [0.25, 0.3) is 0 Å². The Morgan fingerprint density at radius 2 is 1.94 bits per heavy atom. The number of nitrogens with zero attached hydrogens (tertiary/aromatic N) is 3. The Bertz CT molecular complexity index is 1020. The normalized spacial score (nSPS) is 24.0. The van der Waals surface area contributed by atoms with Crippen LogP contribution in [0.5, 0.6) is 0 Å². The van der Waals surface area contributed by atoms with E-state index in [9.17, 15) is 27.6 Å². The lowest BCUT2D eigenvalue weighted by molar-refractivity contribution is -0.142. The molecular formula is C24H31F3N4O3. The van der Waals surface area contributed by atoms with Crippen molar-refractivity contribution in [1.29, 1.82) is 0 Å². The van der Waals surface area contributed by atoms with E-state index in [2.05, 4.69) is 4.90 Å². The summed E-state index contributed by atoms with van der Waals surface area (Å²) in [6.45, 7) is 5.04. The average molecular weight is 481 g/mol. The number of allylic oxidation sites excluding steroid dienone is 1. The highest BCUT2D eigenvalue weighted by Crippen LogP contribution is 2.45. The van der Waals surface area contributed by atoms with Crippen molar-refractivity contribution in [2.45, 2.75) is 51.7 Å². The van der Waals surface area contributed by atoms with Gasteiger partial charge in [-0.1, -0.05) is 13.0 Å². The summed E-state index contributed by atoms with van der Waals surface area (Å²) in [5.41, 5.74) is 3.47. The first kappa shape index (κ1) is 25.7. The molecule has 3 amide bonds. The van der Waals surface area contributed by atoms with E-state index in [1.54, 1.807) is 0 Å². The zero-order valence-electron chi connectivity index (χ0n) is 19.9. The molecule has 2 N–H and O–H groups in total. The van der Waals surface area contributed by atoms with Crippen LogP contribution in [0.15, 0.2) is 35.5 Å². The van der Waals surface area contributed by atoms with Crippen molar-refractivity contribution in [2.75, 3.05) is 32.1 Å². The fourth-order valence-electron chi connectivity index (χ4n) is 5.04. The van der Waals surface area contributed by atoms with Crippen LogP contribution in [0.1, 0.15) is 45.1 Å². The number of likely N-dealkylation sites (tertiary alicyclic amines) is 1. The van der Waals surface area contributed by atoms with E-state index in [1.165, 1.54) is 38.1 Å². The van der Waals surface area contributed by atoms with Gasteiger partial charge in [0.2, 0.25) is 11.8 Å². The number of halogens is 3. The first-order valence-corrected chi connectivity index (χ1v) is 11.3. The third-order valence-electron chi connectivity index (χ3n) is 6.92. The Kier molecular flexibility index (Phi) is 7.12. The van der Waals surface area contributed by atoms with Gasteiger partial charge in [-0.3, -0.25) is 19.3 Å². The van der Waals surface area contributed by atoms with Crippen LogP contribution in [0.4, 0.5) is 18.9 Å². The molecule has 1 saturated heterocycles. The number of hydrogen-bond donors (Lipinski definition) is 1. The Balaban J connectivity index is 2.19. The number of alkyl halides is 3. The van der Waals surface area contributed by atoms with Gasteiger partial charge in [0.15, 0.2) is 0 Å². The number of anilines is 1. The summed E-state index contributed by atoms with van der Waals surface area (Å²) < 4.78 is 40.3. The van der Waals surface area contributed by atoms with Crippen LogP contribution >= 0.6 is 0 Å². The van der Waals surface area contributed by atoms with Gasteiger partial charge in [-0.05, 0) is 57.5 Å². The second-order valence-corrected chi connectivity index (χ2v) is 9.20. The Hall–Kier alpha value is -2.88. The van der Waals surface area contributed by atoms with E-state index in [-0.39, 0.29) is 35.8 Å². The molecule has 0 aromatic heterocycles. The van der Waals surface area contributed by atoms with Crippen LogP contribution in [-0.4, -0.2) is 60.7 Å². The summed E-state index contributed by atoms with van der Waals surface area (Å²) in [7, 11) is 3.07. The minimum atomic E-state index is -4.62. The van der Waals surface area contributed by atoms with E-state index >= 15 is 0 Å². The molecule has 2 heterocycles. The van der Waals surface area contributed by atoms with Crippen molar-refractivity contribution in [3.8, 4) is 0 Å². The topological polar surface area (TPSA) is 86.9 Å². The molecule has 0 bridgehead atoms. The minimum absolute atomic E-state index is 0.0644. The molecule has 1 unspecified atom stereocenters. The molecule has 0 radical (unpaired) electrons. The fraction of sp³-hybridized carbons (Fsp3) is 0.542. The molecule has 34 heavy (non-hydrogen) atoms. The molecule has 0 aliphatic carbocycles.